The summed E-state index contributed by atoms with van der Waals surface area (Å²) in [4.78, 5) is 32.5. The average Bonchev–Trinajstić information content (AvgIpc) is 3.42. The number of carbonyl (C=O) groups is 2. The summed E-state index contributed by atoms with van der Waals surface area (Å²) in [6.45, 7) is 1.80. The summed E-state index contributed by atoms with van der Waals surface area (Å²) in [6.07, 6.45) is 5.93. The molecule has 1 saturated carbocycles. The molecule has 2 aromatic carbocycles. The van der Waals surface area contributed by atoms with E-state index in [4.69, 9.17) is 4.42 Å². The highest BCUT2D eigenvalue weighted by atomic mass is 16.4. The van der Waals surface area contributed by atoms with E-state index in [1.165, 1.54) is 0 Å². The van der Waals surface area contributed by atoms with Gasteiger partial charge in [-0.05, 0) is 43.7 Å². The molecular formula is C30H26N2O6. The van der Waals surface area contributed by atoms with E-state index in [0.29, 0.717) is 17.4 Å². The lowest BCUT2D eigenvalue weighted by Gasteiger charge is -2.04. The number of aliphatic hydroxyl groups is 1. The van der Waals surface area contributed by atoms with Crippen LogP contribution >= 0.6 is 0 Å². The second-order valence-corrected chi connectivity index (χ2v) is 9.81. The van der Waals surface area contributed by atoms with Crippen LogP contribution < -0.4 is 0 Å². The predicted molar refractivity (Wildman–Crippen MR) is 143 cm³/mol. The summed E-state index contributed by atoms with van der Waals surface area (Å²) in [6, 6.07) is 13.0. The van der Waals surface area contributed by atoms with Crippen LogP contribution in [-0.2, 0) is 6.42 Å². The molecular weight excluding hydrogens is 484 g/mol. The van der Waals surface area contributed by atoms with E-state index in [-0.39, 0.29) is 23.7 Å². The quantitative estimate of drug-likeness (QED) is 0.130. The first kappa shape index (κ1) is 23.8. The number of para-hydroxylation sites is 2. The first-order valence-electron chi connectivity index (χ1n) is 12.5. The summed E-state index contributed by atoms with van der Waals surface area (Å²) >= 11 is 0. The van der Waals surface area contributed by atoms with E-state index in [0.717, 1.165) is 46.1 Å². The van der Waals surface area contributed by atoms with E-state index < -0.39 is 29.0 Å². The van der Waals surface area contributed by atoms with Crippen LogP contribution in [0.1, 0.15) is 63.6 Å². The van der Waals surface area contributed by atoms with E-state index in [9.17, 15) is 24.9 Å². The van der Waals surface area contributed by atoms with Gasteiger partial charge in [-0.15, -0.1) is 0 Å². The third-order valence-corrected chi connectivity index (χ3v) is 7.22. The van der Waals surface area contributed by atoms with E-state index in [1.807, 2.05) is 49.4 Å². The van der Waals surface area contributed by atoms with Gasteiger partial charge in [0.25, 0.3) is 0 Å². The largest absolute Gasteiger partial charge is 0.504 e. The highest BCUT2D eigenvalue weighted by molar-refractivity contribution is 6.18. The molecule has 0 amide bonds. The highest BCUT2D eigenvalue weighted by Gasteiger charge is 2.36. The van der Waals surface area contributed by atoms with Gasteiger partial charge >= 0.3 is 5.97 Å². The molecule has 1 aliphatic carbocycles. The fraction of sp³-hybridized carbons (Fsp3) is 0.200. The Morgan fingerprint density at radius 2 is 1.82 bits per heavy atom. The SMILES string of the molecule is C/C(=C/Cc1cccc2c(C(=O)c3oc(C(=O)O)c(-c4c(C5CC5)[nH]c5ccccc45)c3O)c[nH]c12)CO. The van der Waals surface area contributed by atoms with Crippen LogP contribution in [0.15, 0.2) is 64.7 Å². The van der Waals surface area contributed by atoms with Gasteiger partial charge in [0.1, 0.15) is 0 Å². The van der Waals surface area contributed by atoms with Crippen molar-refractivity contribution in [1.29, 1.82) is 0 Å². The van der Waals surface area contributed by atoms with Gasteiger partial charge in [-0.25, -0.2) is 4.79 Å². The second-order valence-electron chi connectivity index (χ2n) is 9.81. The Balaban J connectivity index is 1.49. The molecule has 192 valence electrons. The smallest absolute Gasteiger partial charge is 0.372 e. The van der Waals surface area contributed by atoms with Crippen molar-refractivity contribution in [1.82, 2.24) is 9.97 Å². The third-order valence-electron chi connectivity index (χ3n) is 7.22. The number of hydrogen-bond donors (Lipinski definition) is 5. The molecule has 5 aromatic rings. The summed E-state index contributed by atoms with van der Waals surface area (Å²) in [7, 11) is 0. The number of carboxylic acids is 1. The monoisotopic (exact) mass is 510 g/mol. The van der Waals surface area contributed by atoms with Crippen LogP contribution in [0.5, 0.6) is 5.75 Å². The van der Waals surface area contributed by atoms with Gasteiger partial charge in [-0.1, -0.05) is 48.0 Å². The number of aliphatic hydroxyl groups excluding tert-OH is 1. The van der Waals surface area contributed by atoms with Gasteiger partial charge in [0.05, 0.1) is 17.7 Å². The van der Waals surface area contributed by atoms with Crippen molar-refractivity contribution in [3.8, 4) is 16.9 Å². The number of furan rings is 1. The molecule has 3 aromatic heterocycles. The van der Waals surface area contributed by atoms with Crippen LogP contribution in [-0.4, -0.2) is 43.6 Å². The Bertz CT molecular complexity index is 1760. The Labute approximate surface area is 217 Å². The zero-order chi connectivity index (χ0) is 26.6. The number of aromatic nitrogens is 2. The highest BCUT2D eigenvalue weighted by Crippen LogP contribution is 2.51. The number of aromatic amines is 2. The number of H-pyrrole nitrogens is 2. The second kappa shape index (κ2) is 9.08. The average molecular weight is 511 g/mol. The van der Waals surface area contributed by atoms with E-state index in [2.05, 4.69) is 9.97 Å². The van der Waals surface area contributed by atoms with Crippen LogP contribution in [0.25, 0.3) is 32.9 Å². The Morgan fingerprint density at radius 1 is 1.05 bits per heavy atom. The topological polar surface area (TPSA) is 140 Å². The lowest BCUT2D eigenvalue weighted by molar-refractivity contribution is 0.0661. The fourth-order valence-corrected chi connectivity index (χ4v) is 5.12. The molecule has 0 atom stereocenters. The number of carbonyl (C=O) groups excluding carboxylic acids is 1. The molecule has 38 heavy (non-hydrogen) atoms. The number of hydrogen-bond acceptors (Lipinski definition) is 5. The summed E-state index contributed by atoms with van der Waals surface area (Å²) in [5.41, 5.74) is 5.02. The first-order chi connectivity index (χ1) is 18.4. The van der Waals surface area contributed by atoms with Crippen molar-refractivity contribution in [3.63, 3.8) is 0 Å². The number of ketones is 1. The van der Waals surface area contributed by atoms with Crippen LogP contribution in [0.2, 0.25) is 0 Å². The minimum absolute atomic E-state index is 0.0188. The third kappa shape index (κ3) is 3.81. The van der Waals surface area contributed by atoms with Gasteiger partial charge in [-0.2, -0.15) is 0 Å². The first-order valence-corrected chi connectivity index (χ1v) is 12.5. The fourth-order valence-electron chi connectivity index (χ4n) is 5.12. The van der Waals surface area contributed by atoms with Gasteiger partial charge < -0.3 is 29.7 Å². The molecule has 0 radical (unpaired) electrons. The van der Waals surface area contributed by atoms with Crippen molar-refractivity contribution >= 4 is 33.6 Å². The van der Waals surface area contributed by atoms with Gasteiger partial charge in [-0.3, -0.25) is 4.79 Å². The van der Waals surface area contributed by atoms with E-state index >= 15 is 0 Å². The number of rotatable bonds is 8. The molecule has 0 saturated heterocycles. The minimum atomic E-state index is -1.37. The molecule has 8 nitrogen and oxygen atoms in total. The number of aromatic carboxylic acids is 1. The Morgan fingerprint density at radius 3 is 2.55 bits per heavy atom. The lowest BCUT2D eigenvalue weighted by Crippen LogP contribution is -1.99. The number of fused-ring (bicyclic) bond motifs is 2. The van der Waals surface area contributed by atoms with Crippen molar-refractivity contribution in [2.75, 3.05) is 6.61 Å². The molecule has 3 heterocycles. The lowest BCUT2D eigenvalue weighted by atomic mass is 9.97. The number of aromatic hydroxyl groups is 1. The van der Waals surface area contributed by atoms with Crippen molar-refractivity contribution in [2.24, 2.45) is 0 Å². The molecule has 0 aliphatic heterocycles. The Kier molecular flexibility index (Phi) is 5.69. The standard InChI is InChI=1S/C30H26N2O6/c1-15(14-33)9-10-16-5-4-7-18-20(13-31-24(16)18)26(34)29-27(35)23(28(38-29)30(36)37)22-19-6-2-3-8-21(19)32-25(22)17-11-12-17/h2-9,13,17,31-33,35H,10-12,14H2,1H3,(H,36,37)/b15-9-. The van der Waals surface area contributed by atoms with Crippen LogP contribution in [0, 0.1) is 0 Å². The maximum atomic E-state index is 13.7. The van der Waals surface area contributed by atoms with Crippen molar-refractivity contribution in [2.45, 2.75) is 32.1 Å². The molecule has 0 spiro atoms. The molecule has 1 fully saturated rings. The number of carboxylic acid groups (broad SMARTS) is 1. The summed E-state index contributed by atoms with van der Waals surface area (Å²) in [5, 5.41) is 32.0. The molecule has 1 aliphatic rings. The number of allylic oxidation sites excluding steroid dienone is 1. The van der Waals surface area contributed by atoms with Crippen LogP contribution in [0.4, 0.5) is 0 Å². The molecule has 8 heteroatoms. The van der Waals surface area contributed by atoms with Gasteiger partial charge in [0.15, 0.2) is 5.75 Å². The Hall–Kier alpha value is -4.56. The summed E-state index contributed by atoms with van der Waals surface area (Å²) in [5.74, 6) is -3.12. The maximum Gasteiger partial charge on any atom is 0.372 e. The normalized spacial score (nSPS) is 14.0. The zero-order valence-electron chi connectivity index (χ0n) is 20.7. The van der Waals surface area contributed by atoms with Crippen LogP contribution in [0.3, 0.4) is 0 Å². The van der Waals surface area contributed by atoms with Gasteiger partial charge in [0.2, 0.25) is 17.3 Å². The summed E-state index contributed by atoms with van der Waals surface area (Å²) < 4.78 is 5.63. The minimum Gasteiger partial charge on any atom is -0.504 e. The molecule has 0 bridgehead atoms. The zero-order valence-corrected chi connectivity index (χ0v) is 20.7. The number of benzene rings is 2. The van der Waals surface area contributed by atoms with E-state index in [1.54, 1.807) is 12.3 Å². The molecule has 6 rings (SSSR count). The molecule has 0 unspecified atom stereocenters. The molecule has 5 N–H and O–H groups in total. The number of nitrogens with one attached hydrogen (secondary N) is 2. The van der Waals surface area contributed by atoms with Crippen molar-refractivity contribution in [3.05, 3.63) is 88.7 Å². The van der Waals surface area contributed by atoms with Crippen molar-refractivity contribution < 1.29 is 29.3 Å². The van der Waals surface area contributed by atoms with Gasteiger partial charge in [0, 0.05) is 39.3 Å². The maximum absolute atomic E-state index is 13.7. The predicted octanol–water partition coefficient (Wildman–Crippen LogP) is 5.90.